The summed E-state index contributed by atoms with van der Waals surface area (Å²) in [7, 11) is 0. The van der Waals surface area contributed by atoms with E-state index in [1.54, 1.807) is 18.9 Å². The van der Waals surface area contributed by atoms with Crippen molar-refractivity contribution in [2.75, 3.05) is 13.1 Å². The number of carbonyl (C=O) groups is 2. The molecule has 1 heterocycles. The van der Waals surface area contributed by atoms with Crippen LogP contribution in [0.25, 0.3) is 0 Å². The molecule has 1 saturated heterocycles. The Hall–Kier alpha value is -1.68. The highest BCUT2D eigenvalue weighted by molar-refractivity contribution is 5.83. The number of hydrogen-bond donors (Lipinski definition) is 0. The predicted octanol–water partition coefficient (Wildman–Crippen LogP) is 2.47. The summed E-state index contributed by atoms with van der Waals surface area (Å²) in [5.41, 5.74) is 1.09. The maximum absolute atomic E-state index is 12.3. The van der Waals surface area contributed by atoms with Crippen molar-refractivity contribution in [2.45, 2.75) is 33.1 Å². The minimum atomic E-state index is -0.882. The Morgan fingerprint density at radius 1 is 1.30 bits per heavy atom. The number of nitrogens with zero attached hydrogens (tertiary/aromatic N) is 1. The van der Waals surface area contributed by atoms with Gasteiger partial charge in [0, 0.05) is 13.1 Å². The molecule has 0 bridgehead atoms. The van der Waals surface area contributed by atoms with E-state index in [9.17, 15) is 9.59 Å². The number of benzene rings is 1. The van der Waals surface area contributed by atoms with Crippen LogP contribution in [0.1, 0.15) is 37.3 Å². The largest absolute Gasteiger partial charge is 0.367 e. The molecule has 1 atom stereocenters. The summed E-state index contributed by atoms with van der Waals surface area (Å²) in [6, 6.07) is 7.69. The highest BCUT2D eigenvalue weighted by Crippen LogP contribution is 2.36. The van der Waals surface area contributed by atoms with E-state index in [0.29, 0.717) is 0 Å². The lowest BCUT2D eigenvalue weighted by Gasteiger charge is -2.34. The number of aldehydes is 1. The van der Waals surface area contributed by atoms with Gasteiger partial charge >= 0.3 is 5.97 Å². The van der Waals surface area contributed by atoms with Gasteiger partial charge in [0.05, 0.1) is 11.3 Å². The summed E-state index contributed by atoms with van der Waals surface area (Å²) in [6.45, 7) is 7.06. The quantitative estimate of drug-likeness (QED) is 0.774. The third kappa shape index (κ3) is 2.90. The van der Waals surface area contributed by atoms with Crippen LogP contribution in [0.15, 0.2) is 24.3 Å². The first kappa shape index (κ1) is 14.7. The first-order valence-electron chi connectivity index (χ1n) is 6.94. The molecule has 0 N–H and O–H groups in total. The van der Waals surface area contributed by atoms with Crippen LogP contribution in [-0.4, -0.2) is 30.4 Å². The Balaban J connectivity index is 2.17. The van der Waals surface area contributed by atoms with Crippen LogP contribution in [-0.2, 0) is 14.4 Å². The molecule has 108 valence electrons. The van der Waals surface area contributed by atoms with Crippen molar-refractivity contribution in [1.29, 1.82) is 0 Å². The Labute approximate surface area is 119 Å². The smallest absolute Gasteiger partial charge is 0.331 e. The van der Waals surface area contributed by atoms with E-state index in [0.717, 1.165) is 36.9 Å². The van der Waals surface area contributed by atoms with Gasteiger partial charge in [-0.2, -0.15) is 0 Å². The fraction of sp³-hybridized carbons (Fsp3) is 0.500. The van der Waals surface area contributed by atoms with E-state index in [4.69, 9.17) is 4.84 Å². The second-order valence-electron chi connectivity index (χ2n) is 5.91. The van der Waals surface area contributed by atoms with Crippen molar-refractivity contribution in [1.82, 2.24) is 5.06 Å². The van der Waals surface area contributed by atoms with Gasteiger partial charge in [-0.25, -0.2) is 4.79 Å². The number of carbonyl (C=O) groups excluding carboxylic acids is 2. The van der Waals surface area contributed by atoms with E-state index in [2.05, 4.69) is 0 Å². The molecule has 1 aliphatic heterocycles. The fourth-order valence-corrected chi connectivity index (χ4v) is 2.18. The molecule has 1 unspecified atom stereocenters. The Morgan fingerprint density at radius 2 is 1.90 bits per heavy atom. The summed E-state index contributed by atoms with van der Waals surface area (Å²) >= 11 is 0. The summed E-state index contributed by atoms with van der Waals surface area (Å²) in [5, 5.41) is 1.64. The first-order valence-corrected chi connectivity index (χ1v) is 6.94. The Morgan fingerprint density at radius 3 is 2.35 bits per heavy atom. The standard InChI is InChI=1S/C16H21NO3/c1-12-5-7-13(8-6-12)14(11-18)16(2,3)15(19)20-17-9-4-10-17/h5-8,11,14H,4,9-10H2,1-3H3. The van der Waals surface area contributed by atoms with Gasteiger partial charge in [-0.3, -0.25) is 0 Å². The highest BCUT2D eigenvalue weighted by atomic mass is 16.7. The van der Waals surface area contributed by atoms with Crippen LogP contribution in [0.5, 0.6) is 0 Å². The topological polar surface area (TPSA) is 46.6 Å². The molecule has 0 aliphatic carbocycles. The lowest BCUT2D eigenvalue weighted by Crippen LogP contribution is -2.44. The monoisotopic (exact) mass is 275 g/mol. The van der Waals surface area contributed by atoms with Crippen LogP contribution in [0, 0.1) is 12.3 Å². The van der Waals surface area contributed by atoms with Gasteiger partial charge in [0.1, 0.15) is 6.29 Å². The van der Waals surface area contributed by atoms with E-state index in [1.807, 2.05) is 31.2 Å². The fourth-order valence-electron chi connectivity index (χ4n) is 2.18. The van der Waals surface area contributed by atoms with Gasteiger partial charge in [0.15, 0.2) is 0 Å². The summed E-state index contributed by atoms with van der Waals surface area (Å²) in [5.74, 6) is -0.855. The molecule has 2 rings (SSSR count). The molecule has 4 nitrogen and oxygen atoms in total. The molecule has 20 heavy (non-hydrogen) atoms. The van der Waals surface area contributed by atoms with E-state index in [-0.39, 0.29) is 5.97 Å². The molecule has 1 fully saturated rings. The van der Waals surface area contributed by atoms with Crippen LogP contribution < -0.4 is 0 Å². The van der Waals surface area contributed by atoms with Crippen molar-refractivity contribution < 1.29 is 14.4 Å². The third-order valence-corrected chi connectivity index (χ3v) is 3.90. The second kappa shape index (κ2) is 5.75. The van der Waals surface area contributed by atoms with Crippen LogP contribution >= 0.6 is 0 Å². The molecule has 1 aliphatic rings. The maximum atomic E-state index is 12.3. The summed E-state index contributed by atoms with van der Waals surface area (Å²) in [4.78, 5) is 29.1. The average Bonchev–Trinajstić information content (AvgIpc) is 2.36. The third-order valence-electron chi connectivity index (χ3n) is 3.90. The zero-order valence-corrected chi connectivity index (χ0v) is 12.3. The van der Waals surface area contributed by atoms with Crippen molar-refractivity contribution >= 4 is 12.3 Å². The van der Waals surface area contributed by atoms with Crippen LogP contribution in [0.2, 0.25) is 0 Å². The molecular formula is C16H21NO3. The van der Waals surface area contributed by atoms with Crippen molar-refractivity contribution in [3.8, 4) is 0 Å². The average molecular weight is 275 g/mol. The van der Waals surface area contributed by atoms with E-state index >= 15 is 0 Å². The minimum Gasteiger partial charge on any atom is -0.367 e. The zero-order chi connectivity index (χ0) is 14.8. The van der Waals surface area contributed by atoms with Gasteiger partial charge < -0.3 is 9.63 Å². The number of hydroxylamine groups is 2. The first-order chi connectivity index (χ1) is 9.45. The van der Waals surface area contributed by atoms with Crippen molar-refractivity contribution in [3.63, 3.8) is 0 Å². The molecule has 0 aromatic heterocycles. The molecular weight excluding hydrogens is 254 g/mol. The summed E-state index contributed by atoms with van der Waals surface area (Å²) in [6.07, 6.45) is 1.88. The van der Waals surface area contributed by atoms with Gasteiger partial charge in [0.2, 0.25) is 0 Å². The number of rotatable bonds is 5. The second-order valence-corrected chi connectivity index (χ2v) is 5.91. The normalized spacial score (nSPS) is 17.1. The SMILES string of the molecule is Cc1ccc(C(C=O)C(C)(C)C(=O)ON2CCC2)cc1. The van der Waals surface area contributed by atoms with Crippen molar-refractivity contribution in [3.05, 3.63) is 35.4 Å². The maximum Gasteiger partial charge on any atom is 0.331 e. The summed E-state index contributed by atoms with van der Waals surface area (Å²) < 4.78 is 0. The lowest BCUT2D eigenvalue weighted by molar-refractivity contribution is -0.218. The van der Waals surface area contributed by atoms with Crippen LogP contribution in [0.3, 0.4) is 0 Å². The Kier molecular flexibility index (Phi) is 4.23. The Bertz CT molecular complexity index is 489. The molecule has 4 heteroatoms. The zero-order valence-electron chi connectivity index (χ0n) is 12.3. The van der Waals surface area contributed by atoms with E-state index in [1.165, 1.54) is 0 Å². The predicted molar refractivity (Wildman–Crippen MR) is 76.0 cm³/mol. The van der Waals surface area contributed by atoms with Crippen molar-refractivity contribution in [2.24, 2.45) is 5.41 Å². The van der Waals surface area contributed by atoms with Gasteiger partial charge in [0.25, 0.3) is 0 Å². The molecule has 0 radical (unpaired) electrons. The lowest BCUT2D eigenvalue weighted by atomic mass is 9.75. The molecule has 0 amide bonds. The molecule has 1 aromatic carbocycles. The molecule has 0 spiro atoms. The van der Waals surface area contributed by atoms with Crippen LogP contribution in [0.4, 0.5) is 0 Å². The van der Waals surface area contributed by atoms with Gasteiger partial charge in [-0.05, 0) is 32.8 Å². The number of aryl methyl sites for hydroxylation is 1. The number of hydrogen-bond acceptors (Lipinski definition) is 4. The minimum absolute atomic E-state index is 0.352. The van der Waals surface area contributed by atoms with E-state index < -0.39 is 11.3 Å². The highest BCUT2D eigenvalue weighted by Gasteiger charge is 2.41. The molecule has 1 aromatic rings. The van der Waals surface area contributed by atoms with Gasteiger partial charge in [-0.15, -0.1) is 5.06 Å². The van der Waals surface area contributed by atoms with Gasteiger partial charge in [-0.1, -0.05) is 29.8 Å². The molecule has 0 saturated carbocycles.